The van der Waals surface area contributed by atoms with Crippen molar-refractivity contribution in [2.24, 2.45) is 0 Å². The van der Waals surface area contributed by atoms with Crippen LogP contribution < -0.4 is 5.32 Å². The molecule has 0 aromatic carbocycles. The van der Waals surface area contributed by atoms with Gasteiger partial charge in [-0.15, -0.1) is 0 Å². The van der Waals surface area contributed by atoms with Crippen molar-refractivity contribution < 1.29 is 83.9 Å². The maximum Gasteiger partial charge on any atom is 0.460 e. The van der Waals surface area contributed by atoms with E-state index in [0.29, 0.717) is 17.4 Å². The van der Waals surface area contributed by atoms with Crippen LogP contribution in [-0.2, 0) is 4.79 Å². The second kappa shape index (κ2) is 11.5. The highest BCUT2D eigenvalue weighted by atomic mass is 32.2. The summed E-state index contributed by atoms with van der Waals surface area (Å²) in [5.74, 6) is -59.4. The number of amides is 1. The molecule has 21 heteroatoms. The van der Waals surface area contributed by atoms with E-state index in [2.05, 4.69) is 5.32 Å². The lowest BCUT2D eigenvalue weighted by atomic mass is 9.88. The summed E-state index contributed by atoms with van der Waals surface area (Å²) in [5.41, 5.74) is 0. The molecule has 0 spiro atoms. The molecule has 0 rings (SSSR count). The zero-order chi connectivity index (χ0) is 31.7. The van der Waals surface area contributed by atoms with Gasteiger partial charge in [0.25, 0.3) is 0 Å². The number of hydrogen-bond acceptors (Lipinski definition) is 2. The average Bonchev–Trinajstić information content (AvgIpc) is 2.72. The SMILES string of the molecule is C[N+](C)(C)CCCNC(=O)CSCCC(F)(F)C(F)(F)C(F)(F)C(F)(F)C(F)(F)C(F)(F)C(F)(F)C(F)(F)F. The summed E-state index contributed by atoms with van der Waals surface area (Å²) >= 11 is 0.0479. The molecule has 0 aromatic heterocycles. The lowest BCUT2D eigenvalue weighted by Crippen LogP contribution is -2.74. The predicted octanol–water partition coefficient (Wildman–Crippen LogP) is 6.33. The number of nitrogens with zero attached hydrogens (tertiary/aromatic N) is 1. The van der Waals surface area contributed by atoms with Gasteiger partial charge in [0, 0.05) is 19.4 Å². The molecule has 0 radical (unpaired) electrons. The van der Waals surface area contributed by atoms with Crippen LogP contribution in [0.25, 0.3) is 0 Å². The minimum Gasteiger partial charge on any atom is -0.355 e. The van der Waals surface area contributed by atoms with Gasteiger partial charge in [-0.05, 0) is 5.75 Å². The second-order valence-electron chi connectivity index (χ2n) is 9.17. The molecule has 1 N–H and O–H groups in total. The van der Waals surface area contributed by atoms with Gasteiger partial charge in [-0.1, -0.05) is 0 Å². The zero-order valence-electron chi connectivity index (χ0n) is 19.9. The Hall–Kier alpha value is -1.41. The summed E-state index contributed by atoms with van der Waals surface area (Å²) in [6, 6.07) is 0. The molecule has 0 heterocycles. The molecule has 0 bridgehead atoms. The molecule has 0 fully saturated rings. The molecule has 0 atom stereocenters. The Morgan fingerprint density at radius 2 is 1.03 bits per heavy atom. The van der Waals surface area contributed by atoms with Crippen molar-refractivity contribution in [3.05, 3.63) is 0 Å². The van der Waals surface area contributed by atoms with Gasteiger partial charge in [0.15, 0.2) is 0 Å². The third-order valence-electron chi connectivity index (χ3n) is 4.91. The maximum absolute atomic E-state index is 13.8. The van der Waals surface area contributed by atoms with E-state index in [0.717, 1.165) is 0 Å². The summed E-state index contributed by atoms with van der Waals surface area (Å²) in [5, 5.41) is 2.26. The number of halogens is 17. The van der Waals surface area contributed by atoms with Crippen LogP contribution in [0.5, 0.6) is 0 Å². The van der Waals surface area contributed by atoms with E-state index in [1.165, 1.54) is 0 Å². The Labute approximate surface area is 214 Å². The van der Waals surface area contributed by atoms with Crippen molar-refractivity contribution in [1.82, 2.24) is 5.32 Å². The molecule has 0 unspecified atom stereocenters. The highest BCUT2D eigenvalue weighted by Gasteiger charge is 2.95. The van der Waals surface area contributed by atoms with Gasteiger partial charge in [0.2, 0.25) is 5.91 Å². The fraction of sp³-hybridized carbons (Fsp3) is 0.944. The smallest absolute Gasteiger partial charge is 0.355 e. The van der Waals surface area contributed by atoms with Crippen LogP contribution in [0.4, 0.5) is 74.6 Å². The van der Waals surface area contributed by atoms with Gasteiger partial charge in [0.1, 0.15) is 0 Å². The molecular weight excluding hydrogens is 615 g/mol. The van der Waals surface area contributed by atoms with E-state index in [-0.39, 0.29) is 18.3 Å². The first-order chi connectivity index (χ1) is 16.9. The van der Waals surface area contributed by atoms with Crippen molar-refractivity contribution in [3.8, 4) is 0 Å². The van der Waals surface area contributed by atoms with Crippen LogP contribution in [0.1, 0.15) is 12.8 Å². The van der Waals surface area contributed by atoms with Crippen molar-refractivity contribution in [1.29, 1.82) is 0 Å². The number of carbonyl (C=O) groups excluding carboxylic acids is 1. The molecule has 3 nitrogen and oxygen atoms in total. The van der Waals surface area contributed by atoms with Crippen LogP contribution in [0, 0.1) is 0 Å². The minimum absolute atomic E-state index is 0.0479. The molecule has 39 heavy (non-hydrogen) atoms. The summed E-state index contributed by atoms with van der Waals surface area (Å²) in [7, 11) is 5.41. The number of hydrogen-bond donors (Lipinski definition) is 1. The first kappa shape index (κ1) is 37.6. The molecule has 234 valence electrons. The predicted molar refractivity (Wildman–Crippen MR) is 103 cm³/mol. The van der Waals surface area contributed by atoms with E-state index < -0.39 is 71.5 Å². The quantitative estimate of drug-likeness (QED) is 0.129. The Morgan fingerprint density at radius 3 is 1.41 bits per heavy atom. The highest BCUT2D eigenvalue weighted by molar-refractivity contribution is 7.99. The minimum atomic E-state index is -8.64. The summed E-state index contributed by atoms with van der Waals surface area (Å²) in [4.78, 5) is 11.5. The lowest BCUT2D eigenvalue weighted by Gasteiger charge is -2.42. The molecule has 0 aliphatic carbocycles. The van der Waals surface area contributed by atoms with Crippen molar-refractivity contribution >= 4 is 17.7 Å². The Morgan fingerprint density at radius 1 is 0.641 bits per heavy atom. The first-order valence-electron chi connectivity index (χ1n) is 10.2. The number of nitrogens with one attached hydrogen (secondary N) is 1. The zero-order valence-corrected chi connectivity index (χ0v) is 20.7. The fourth-order valence-corrected chi connectivity index (χ4v) is 3.38. The van der Waals surface area contributed by atoms with Gasteiger partial charge in [-0.3, -0.25) is 4.79 Å². The van der Waals surface area contributed by atoms with Crippen molar-refractivity contribution in [3.63, 3.8) is 0 Å². The molecule has 0 aliphatic heterocycles. The van der Waals surface area contributed by atoms with E-state index in [1.807, 2.05) is 0 Å². The number of quaternary nitrogens is 1. The molecular formula is C18H22F17N2OS+. The molecule has 1 amide bonds. The van der Waals surface area contributed by atoms with Gasteiger partial charge >= 0.3 is 47.6 Å². The monoisotopic (exact) mass is 637 g/mol. The topological polar surface area (TPSA) is 29.1 Å². The summed E-state index contributed by atoms with van der Waals surface area (Å²) < 4.78 is 225. The summed E-state index contributed by atoms with van der Waals surface area (Å²) in [6.07, 6.45) is -9.93. The molecule has 0 aromatic rings. The van der Waals surface area contributed by atoms with Crippen LogP contribution in [-0.4, -0.2) is 104 Å². The first-order valence-corrected chi connectivity index (χ1v) is 11.4. The second-order valence-corrected chi connectivity index (χ2v) is 10.3. The normalized spacial score (nSPS) is 15.5. The fourth-order valence-electron chi connectivity index (χ4n) is 2.55. The van der Waals surface area contributed by atoms with Crippen LogP contribution in [0.3, 0.4) is 0 Å². The standard InChI is InChI=1S/C18H21F17N2OS/c1-37(2,3)7-4-6-36-10(38)9-39-8-5-11(19,20)12(21,22)13(23,24)14(25,26)15(27,28)16(29,30)17(31,32)18(33,34)35/h4-9H2,1-3H3/p+1. The number of rotatable bonds is 15. The summed E-state index contributed by atoms with van der Waals surface area (Å²) in [6.45, 7) is 0.628. The van der Waals surface area contributed by atoms with E-state index in [1.54, 1.807) is 21.1 Å². The third kappa shape index (κ3) is 7.27. The molecule has 0 saturated heterocycles. The number of alkyl halides is 17. The van der Waals surface area contributed by atoms with Crippen LogP contribution >= 0.6 is 11.8 Å². The van der Waals surface area contributed by atoms with Crippen LogP contribution in [0.2, 0.25) is 0 Å². The average molecular weight is 637 g/mol. The number of carbonyl (C=O) groups is 1. The Kier molecular flexibility index (Phi) is 11.0. The van der Waals surface area contributed by atoms with Crippen molar-refractivity contribution in [2.45, 2.75) is 60.5 Å². The maximum atomic E-state index is 13.8. The van der Waals surface area contributed by atoms with E-state index in [9.17, 15) is 79.4 Å². The highest BCUT2D eigenvalue weighted by Crippen LogP contribution is 2.64. The van der Waals surface area contributed by atoms with E-state index >= 15 is 0 Å². The van der Waals surface area contributed by atoms with Gasteiger partial charge in [-0.25, -0.2) is 0 Å². The van der Waals surface area contributed by atoms with Gasteiger partial charge in [0.05, 0.1) is 33.4 Å². The van der Waals surface area contributed by atoms with E-state index in [4.69, 9.17) is 0 Å². The van der Waals surface area contributed by atoms with Gasteiger partial charge < -0.3 is 9.80 Å². The largest absolute Gasteiger partial charge is 0.460 e. The lowest BCUT2D eigenvalue weighted by molar-refractivity contribution is -0.870. The number of thioether (sulfide) groups is 1. The molecule has 0 saturated carbocycles. The Bertz CT molecular complexity index is 836. The molecule has 0 aliphatic rings. The van der Waals surface area contributed by atoms with Crippen molar-refractivity contribution in [2.75, 3.05) is 45.7 Å². The van der Waals surface area contributed by atoms with Crippen LogP contribution in [0.15, 0.2) is 0 Å². The van der Waals surface area contributed by atoms with Gasteiger partial charge in [-0.2, -0.15) is 86.4 Å². The third-order valence-corrected chi connectivity index (χ3v) is 5.87. The Balaban J connectivity index is 5.65.